The van der Waals surface area contributed by atoms with Gasteiger partial charge in [-0.3, -0.25) is 4.79 Å². The largest absolute Gasteiger partial charge is 0.329 e. The Hall–Kier alpha value is -1.32. The minimum Gasteiger partial charge on any atom is -0.329 e. The molecule has 0 saturated carbocycles. The minimum absolute atomic E-state index is 0.103. The Morgan fingerprint density at radius 1 is 1.05 bits per heavy atom. The number of amides is 1. The molecule has 0 radical (unpaired) electrons. The van der Waals surface area contributed by atoms with Crippen molar-refractivity contribution in [3.63, 3.8) is 0 Å². The number of nitrogens with zero attached hydrogens (tertiary/aromatic N) is 3. The van der Waals surface area contributed by atoms with E-state index in [2.05, 4.69) is 55.4 Å². The standard InChI is InChI=1S/C17H29N3O/c1-10(2)14-18-13-12(19(14)9)15(21)20(11(3)4)17(7,8)16(13,5)6/h10-11H,1-9H3. The van der Waals surface area contributed by atoms with Crippen LogP contribution in [0.2, 0.25) is 0 Å². The van der Waals surface area contributed by atoms with Crippen LogP contribution in [0.1, 0.15) is 83.3 Å². The van der Waals surface area contributed by atoms with Crippen molar-refractivity contribution in [3.8, 4) is 0 Å². The predicted octanol–water partition coefficient (Wildman–Crippen LogP) is 3.46. The zero-order chi connectivity index (χ0) is 16.3. The molecule has 0 bridgehead atoms. The second-order valence-electron chi connectivity index (χ2n) is 7.83. The van der Waals surface area contributed by atoms with Crippen LogP contribution in [0.3, 0.4) is 0 Å². The van der Waals surface area contributed by atoms with Gasteiger partial charge in [0.05, 0.1) is 5.69 Å². The first-order valence-electron chi connectivity index (χ1n) is 7.85. The van der Waals surface area contributed by atoms with E-state index in [0.29, 0.717) is 5.92 Å². The molecule has 1 aliphatic rings. The highest BCUT2D eigenvalue weighted by atomic mass is 16.2. The number of imidazole rings is 1. The molecular weight excluding hydrogens is 262 g/mol. The van der Waals surface area contributed by atoms with Crippen LogP contribution >= 0.6 is 0 Å². The average Bonchev–Trinajstić information content (AvgIpc) is 2.65. The number of rotatable bonds is 2. The lowest BCUT2D eigenvalue weighted by Crippen LogP contribution is -2.64. The molecule has 0 N–H and O–H groups in total. The first kappa shape index (κ1) is 16.1. The van der Waals surface area contributed by atoms with Gasteiger partial charge in [0, 0.05) is 30.0 Å². The summed E-state index contributed by atoms with van der Waals surface area (Å²) in [5, 5.41) is 0. The topological polar surface area (TPSA) is 38.1 Å². The summed E-state index contributed by atoms with van der Waals surface area (Å²) in [5.41, 5.74) is 1.25. The third-order valence-electron chi connectivity index (χ3n) is 5.31. The van der Waals surface area contributed by atoms with Gasteiger partial charge in [-0.05, 0) is 27.7 Å². The van der Waals surface area contributed by atoms with Gasteiger partial charge in [0.25, 0.3) is 5.91 Å². The van der Waals surface area contributed by atoms with Crippen LogP contribution < -0.4 is 0 Å². The van der Waals surface area contributed by atoms with Crippen LogP contribution in [0, 0.1) is 0 Å². The van der Waals surface area contributed by atoms with Crippen molar-refractivity contribution in [2.45, 2.75) is 78.3 Å². The molecule has 1 amide bonds. The van der Waals surface area contributed by atoms with Gasteiger partial charge in [0.2, 0.25) is 0 Å². The molecule has 0 aromatic carbocycles. The average molecular weight is 291 g/mol. The Balaban J connectivity index is 2.78. The van der Waals surface area contributed by atoms with E-state index in [4.69, 9.17) is 4.98 Å². The van der Waals surface area contributed by atoms with Crippen LogP contribution in [-0.2, 0) is 12.5 Å². The molecule has 21 heavy (non-hydrogen) atoms. The van der Waals surface area contributed by atoms with Gasteiger partial charge < -0.3 is 9.47 Å². The third-order valence-corrected chi connectivity index (χ3v) is 5.31. The van der Waals surface area contributed by atoms with Gasteiger partial charge in [0.15, 0.2) is 0 Å². The minimum atomic E-state index is -0.270. The fourth-order valence-electron chi connectivity index (χ4n) is 3.55. The maximum Gasteiger partial charge on any atom is 0.273 e. The summed E-state index contributed by atoms with van der Waals surface area (Å²) in [6.45, 7) is 17.1. The van der Waals surface area contributed by atoms with Crippen molar-refractivity contribution in [1.29, 1.82) is 0 Å². The molecule has 0 fully saturated rings. The summed E-state index contributed by atoms with van der Waals surface area (Å²) in [6.07, 6.45) is 0. The van der Waals surface area contributed by atoms with Crippen LogP contribution in [-0.4, -0.2) is 31.9 Å². The molecule has 4 nitrogen and oxygen atoms in total. The number of hydrogen-bond donors (Lipinski definition) is 0. The number of carbonyl (C=O) groups is 1. The Bertz CT molecular complexity index is 579. The van der Waals surface area contributed by atoms with Crippen molar-refractivity contribution in [2.24, 2.45) is 7.05 Å². The smallest absolute Gasteiger partial charge is 0.273 e. The van der Waals surface area contributed by atoms with Gasteiger partial charge in [-0.15, -0.1) is 0 Å². The molecule has 0 saturated heterocycles. The lowest BCUT2D eigenvalue weighted by atomic mass is 9.67. The quantitative estimate of drug-likeness (QED) is 0.837. The van der Waals surface area contributed by atoms with E-state index in [1.807, 2.05) is 16.5 Å². The van der Waals surface area contributed by atoms with Crippen molar-refractivity contribution in [1.82, 2.24) is 14.5 Å². The van der Waals surface area contributed by atoms with Gasteiger partial charge in [0.1, 0.15) is 11.5 Å². The molecule has 2 rings (SSSR count). The predicted molar refractivity (Wildman–Crippen MR) is 85.7 cm³/mol. The van der Waals surface area contributed by atoms with E-state index in [-0.39, 0.29) is 22.9 Å². The number of hydrogen-bond acceptors (Lipinski definition) is 2. The van der Waals surface area contributed by atoms with Crippen molar-refractivity contribution in [3.05, 3.63) is 17.2 Å². The van der Waals surface area contributed by atoms with E-state index in [0.717, 1.165) is 17.2 Å². The summed E-state index contributed by atoms with van der Waals surface area (Å²) in [6, 6.07) is 0.164. The maximum absolute atomic E-state index is 13.1. The number of aromatic nitrogens is 2. The van der Waals surface area contributed by atoms with Crippen molar-refractivity contribution in [2.75, 3.05) is 0 Å². The van der Waals surface area contributed by atoms with E-state index >= 15 is 0 Å². The van der Waals surface area contributed by atoms with Crippen molar-refractivity contribution >= 4 is 5.91 Å². The second-order valence-corrected chi connectivity index (χ2v) is 7.83. The molecule has 2 heterocycles. The van der Waals surface area contributed by atoms with Crippen LogP contribution in [0.5, 0.6) is 0 Å². The molecule has 0 spiro atoms. The zero-order valence-electron chi connectivity index (χ0n) is 14.9. The van der Waals surface area contributed by atoms with Crippen molar-refractivity contribution < 1.29 is 4.79 Å². The lowest BCUT2D eigenvalue weighted by Gasteiger charge is -2.53. The highest BCUT2D eigenvalue weighted by Gasteiger charge is 2.54. The fraction of sp³-hybridized carbons (Fsp3) is 0.765. The van der Waals surface area contributed by atoms with Crippen LogP contribution in [0.4, 0.5) is 0 Å². The summed E-state index contributed by atoms with van der Waals surface area (Å²) >= 11 is 0. The number of carbonyl (C=O) groups excluding carboxylic acids is 1. The summed E-state index contributed by atoms with van der Waals surface area (Å²) in [5.74, 6) is 1.40. The Kier molecular flexibility index (Phi) is 3.51. The summed E-state index contributed by atoms with van der Waals surface area (Å²) < 4.78 is 1.99. The van der Waals surface area contributed by atoms with Gasteiger partial charge in [-0.2, -0.15) is 0 Å². The highest BCUT2D eigenvalue weighted by molar-refractivity contribution is 5.96. The molecule has 1 aromatic rings. The van der Waals surface area contributed by atoms with Crippen LogP contribution in [0.25, 0.3) is 0 Å². The van der Waals surface area contributed by atoms with E-state index < -0.39 is 0 Å². The van der Waals surface area contributed by atoms with E-state index in [1.165, 1.54) is 0 Å². The normalized spacial score (nSPS) is 20.3. The van der Waals surface area contributed by atoms with Gasteiger partial charge >= 0.3 is 0 Å². The Labute approximate surface area is 128 Å². The van der Waals surface area contributed by atoms with Crippen LogP contribution in [0.15, 0.2) is 0 Å². The molecule has 1 aromatic heterocycles. The SMILES string of the molecule is CC(C)c1nc2c(n1C)C(=O)N(C(C)C)C(C)(C)C2(C)C. The zero-order valence-corrected chi connectivity index (χ0v) is 14.9. The number of fused-ring (bicyclic) bond motifs is 1. The molecule has 0 unspecified atom stereocenters. The van der Waals surface area contributed by atoms with E-state index in [1.54, 1.807) is 0 Å². The maximum atomic E-state index is 13.1. The third kappa shape index (κ3) is 1.95. The lowest BCUT2D eigenvalue weighted by molar-refractivity contribution is 0.0120. The Morgan fingerprint density at radius 3 is 2.00 bits per heavy atom. The molecule has 118 valence electrons. The van der Waals surface area contributed by atoms with Gasteiger partial charge in [-0.25, -0.2) is 4.98 Å². The van der Waals surface area contributed by atoms with E-state index in [9.17, 15) is 4.79 Å². The highest BCUT2D eigenvalue weighted by Crippen LogP contribution is 2.46. The van der Waals surface area contributed by atoms with Gasteiger partial charge in [-0.1, -0.05) is 27.7 Å². The molecule has 1 aliphatic heterocycles. The molecule has 4 heteroatoms. The first-order valence-corrected chi connectivity index (χ1v) is 7.85. The monoisotopic (exact) mass is 291 g/mol. The fourth-order valence-corrected chi connectivity index (χ4v) is 3.55. The molecule has 0 atom stereocenters. The molecular formula is C17H29N3O. The summed E-state index contributed by atoms with van der Waals surface area (Å²) in [4.78, 5) is 20.0. The summed E-state index contributed by atoms with van der Waals surface area (Å²) in [7, 11) is 1.96. The molecule has 0 aliphatic carbocycles. The first-order chi connectivity index (χ1) is 9.44. The second kappa shape index (κ2) is 4.59. The Morgan fingerprint density at radius 2 is 1.57 bits per heavy atom.